The monoisotopic (exact) mass is 401 g/mol. The summed E-state index contributed by atoms with van der Waals surface area (Å²) in [6.45, 7) is 2.71. The van der Waals surface area contributed by atoms with Gasteiger partial charge in [-0.1, -0.05) is 50.1 Å². The molecule has 0 bridgehead atoms. The van der Waals surface area contributed by atoms with Crippen LogP contribution >= 0.6 is 0 Å². The van der Waals surface area contributed by atoms with E-state index in [0.717, 1.165) is 30.6 Å². The van der Waals surface area contributed by atoms with E-state index >= 15 is 0 Å². The van der Waals surface area contributed by atoms with Gasteiger partial charge in [-0.2, -0.15) is 0 Å². The molecule has 0 unspecified atom stereocenters. The van der Waals surface area contributed by atoms with Crippen LogP contribution in [0.15, 0.2) is 30.3 Å². The number of urea groups is 1. The molecule has 0 spiro atoms. The minimum Gasteiger partial charge on any atom is -0.454 e. The van der Waals surface area contributed by atoms with Gasteiger partial charge in [-0.05, 0) is 31.2 Å². The number of rotatable bonds is 6. The average Bonchev–Trinajstić information content (AvgIpc) is 2.93. The molecule has 0 aromatic heterocycles. The summed E-state index contributed by atoms with van der Waals surface area (Å²) < 4.78 is 4.99. The third-order valence-electron chi connectivity index (χ3n) is 5.74. The van der Waals surface area contributed by atoms with Crippen molar-refractivity contribution >= 4 is 23.8 Å². The molecule has 1 aliphatic carbocycles. The fraction of sp³-hybridized carbons (Fsp3) is 0.524. The molecule has 8 nitrogen and oxygen atoms in total. The number of amides is 4. The molecule has 29 heavy (non-hydrogen) atoms. The van der Waals surface area contributed by atoms with Crippen LogP contribution in [0.1, 0.15) is 45.1 Å². The van der Waals surface area contributed by atoms with Gasteiger partial charge in [-0.15, -0.1) is 0 Å². The first kappa shape index (κ1) is 20.8. The van der Waals surface area contributed by atoms with Gasteiger partial charge in [0.05, 0.1) is 0 Å². The highest BCUT2D eigenvalue weighted by molar-refractivity contribution is 6.08. The second kappa shape index (κ2) is 8.63. The smallest absolute Gasteiger partial charge is 0.326 e. The summed E-state index contributed by atoms with van der Waals surface area (Å²) in [4.78, 5) is 50.0. The highest BCUT2D eigenvalue weighted by Crippen LogP contribution is 2.28. The maximum Gasteiger partial charge on any atom is 0.326 e. The van der Waals surface area contributed by atoms with E-state index < -0.39 is 36.6 Å². The number of ether oxygens (including phenoxy) is 1. The van der Waals surface area contributed by atoms with Crippen LogP contribution < -0.4 is 10.6 Å². The molecule has 2 N–H and O–H groups in total. The third-order valence-corrected chi connectivity index (χ3v) is 5.74. The summed E-state index contributed by atoms with van der Waals surface area (Å²) in [6.07, 6.45) is 4.22. The predicted octanol–water partition coefficient (Wildman–Crippen LogP) is 1.69. The molecule has 2 fully saturated rings. The minimum absolute atomic E-state index is 0.0902. The number of hydrogen-bond acceptors (Lipinski definition) is 5. The fourth-order valence-corrected chi connectivity index (χ4v) is 3.91. The highest BCUT2D eigenvalue weighted by atomic mass is 16.5. The summed E-state index contributed by atoms with van der Waals surface area (Å²) >= 11 is 0. The lowest BCUT2D eigenvalue weighted by Crippen LogP contribution is -2.44. The lowest BCUT2D eigenvalue weighted by Gasteiger charge is -2.29. The fourth-order valence-electron chi connectivity index (χ4n) is 3.91. The number of nitrogens with zero attached hydrogens (tertiary/aromatic N) is 1. The lowest BCUT2D eigenvalue weighted by molar-refractivity contribution is -0.151. The van der Waals surface area contributed by atoms with Crippen LogP contribution in [0.2, 0.25) is 0 Å². The van der Waals surface area contributed by atoms with Crippen molar-refractivity contribution < 1.29 is 23.9 Å². The molecule has 1 saturated carbocycles. The van der Waals surface area contributed by atoms with Gasteiger partial charge in [0.2, 0.25) is 0 Å². The number of esters is 1. The van der Waals surface area contributed by atoms with Crippen molar-refractivity contribution in [3.63, 3.8) is 0 Å². The summed E-state index contributed by atoms with van der Waals surface area (Å²) in [5.74, 6) is -1.32. The zero-order valence-electron chi connectivity index (χ0n) is 16.8. The Morgan fingerprint density at radius 3 is 2.59 bits per heavy atom. The molecule has 1 aromatic rings. The lowest BCUT2D eigenvalue weighted by atomic mass is 9.86. The van der Waals surface area contributed by atoms with Crippen molar-refractivity contribution in [1.29, 1.82) is 0 Å². The van der Waals surface area contributed by atoms with Crippen molar-refractivity contribution in [2.24, 2.45) is 5.92 Å². The van der Waals surface area contributed by atoms with E-state index in [0.29, 0.717) is 11.5 Å². The number of carbonyl (C=O) groups excluding carboxylic acids is 4. The van der Waals surface area contributed by atoms with Gasteiger partial charge in [0, 0.05) is 6.04 Å². The number of hydrogen-bond donors (Lipinski definition) is 2. The first-order chi connectivity index (χ1) is 13.8. The first-order valence-electron chi connectivity index (χ1n) is 9.96. The number of carbonyl (C=O) groups is 4. The molecule has 1 heterocycles. The van der Waals surface area contributed by atoms with Gasteiger partial charge >= 0.3 is 12.0 Å². The normalized spacial score (nSPS) is 26.8. The second-order valence-electron chi connectivity index (χ2n) is 7.91. The highest BCUT2D eigenvalue weighted by Gasteiger charge is 2.49. The number of imide groups is 1. The molecule has 156 valence electrons. The molecule has 8 heteroatoms. The van der Waals surface area contributed by atoms with Gasteiger partial charge in [-0.25, -0.2) is 4.79 Å². The van der Waals surface area contributed by atoms with Gasteiger partial charge in [0.25, 0.3) is 11.8 Å². The maximum atomic E-state index is 12.8. The molecule has 1 saturated heterocycles. The van der Waals surface area contributed by atoms with E-state index in [2.05, 4.69) is 17.6 Å². The van der Waals surface area contributed by atoms with Gasteiger partial charge in [-0.3, -0.25) is 19.3 Å². The average molecular weight is 401 g/mol. The maximum absolute atomic E-state index is 12.8. The van der Waals surface area contributed by atoms with E-state index in [9.17, 15) is 19.2 Å². The van der Waals surface area contributed by atoms with E-state index in [1.165, 1.54) is 0 Å². The number of benzene rings is 1. The van der Waals surface area contributed by atoms with Gasteiger partial charge in [0.1, 0.15) is 12.1 Å². The van der Waals surface area contributed by atoms with Crippen molar-refractivity contribution in [3.05, 3.63) is 35.9 Å². The zero-order valence-corrected chi connectivity index (χ0v) is 16.8. The quantitative estimate of drug-likeness (QED) is 0.558. The standard InChI is InChI=1S/C21H27N3O5/c1-14-8-6-7-11-16(14)22-17(25)13-29-18(26)12-24-19(27)21(2,23-20(24)28)15-9-4-3-5-10-15/h3-5,9-10,14,16H,6-8,11-13H2,1-2H3,(H,22,25)(H,23,28)/t14-,16+,21-/m1/s1. The first-order valence-corrected chi connectivity index (χ1v) is 9.96. The Morgan fingerprint density at radius 2 is 1.90 bits per heavy atom. The Bertz CT molecular complexity index is 797. The summed E-state index contributed by atoms with van der Waals surface area (Å²) in [5, 5.41) is 5.52. The van der Waals surface area contributed by atoms with Crippen LogP contribution in [0.5, 0.6) is 0 Å². The molecule has 1 aliphatic heterocycles. The van der Waals surface area contributed by atoms with Crippen molar-refractivity contribution in [1.82, 2.24) is 15.5 Å². The summed E-state index contributed by atoms with van der Waals surface area (Å²) in [7, 11) is 0. The van der Waals surface area contributed by atoms with Gasteiger partial charge < -0.3 is 15.4 Å². The molecule has 3 rings (SSSR count). The largest absolute Gasteiger partial charge is 0.454 e. The van der Waals surface area contributed by atoms with Crippen molar-refractivity contribution in [2.45, 2.75) is 51.1 Å². The summed E-state index contributed by atoms with van der Waals surface area (Å²) in [6, 6.07) is 8.23. The Balaban J connectivity index is 1.52. The van der Waals surface area contributed by atoms with Gasteiger partial charge in [0.15, 0.2) is 6.61 Å². The summed E-state index contributed by atoms with van der Waals surface area (Å²) in [5.41, 5.74) is -0.622. The molecular formula is C21H27N3O5. The molecule has 3 atom stereocenters. The third kappa shape index (κ3) is 4.58. The Labute approximate surface area is 170 Å². The number of nitrogens with one attached hydrogen (secondary N) is 2. The zero-order chi connectivity index (χ0) is 21.0. The van der Waals surface area contributed by atoms with Crippen LogP contribution in [-0.4, -0.2) is 47.9 Å². The second-order valence-corrected chi connectivity index (χ2v) is 7.91. The molecule has 1 aromatic carbocycles. The minimum atomic E-state index is -1.24. The molecular weight excluding hydrogens is 374 g/mol. The van der Waals surface area contributed by atoms with Crippen molar-refractivity contribution in [3.8, 4) is 0 Å². The van der Waals surface area contributed by atoms with Crippen LogP contribution in [0, 0.1) is 5.92 Å². The molecule has 4 amide bonds. The van der Waals surface area contributed by atoms with E-state index in [4.69, 9.17) is 4.74 Å². The van der Waals surface area contributed by atoms with Crippen LogP contribution in [0.4, 0.5) is 4.79 Å². The molecule has 0 radical (unpaired) electrons. The topological polar surface area (TPSA) is 105 Å². The SMILES string of the molecule is C[C@@H]1CCCC[C@@H]1NC(=O)COC(=O)CN1C(=O)N[C@](C)(c2ccccc2)C1=O. The van der Waals surface area contributed by atoms with E-state index in [1.807, 2.05) is 6.07 Å². The Hall–Kier alpha value is -2.90. The van der Waals surface area contributed by atoms with Crippen LogP contribution in [0.3, 0.4) is 0 Å². The van der Waals surface area contributed by atoms with Crippen molar-refractivity contribution in [2.75, 3.05) is 13.2 Å². The van der Waals surface area contributed by atoms with E-state index in [-0.39, 0.29) is 11.9 Å². The van der Waals surface area contributed by atoms with E-state index in [1.54, 1.807) is 31.2 Å². The Kier molecular flexibility index (Phi) is 6.20. The van der Waals surface area contributed by atoms with Crippen LogP contribution in [-0.2, 0) is 24.7 Å². The Morgan fingerprint density at radius 1 is 1.21 bits per heavy atom. The van der Waals surface area contributed by atoms with Crippen LogP contribution in [0.25, 0.3) is 0 Å². The predicted molar refractivity (Wildman–Crippen MR) is 105 cm³/mol. The molecule has 2 aliphatic rings.